The first-order valence-corrected chi connectivity index (χ1v) is 4.37. The van der Waals surface area contributed by atoms with Gasteiger partial charge in [-0.1, -0.05) is 17.7 Å². The summed E-state index contributed by atoms with van der Waals surface area (Å²) in [5.74, 6) is 0. The summed E-state index contributed by atoms with van der Waals surface area (Å²) in [6.45, 7) is 2.36. The second-order valence-electron chi connectivity index (χ2n) is 3.08. The topological polar surface area (TPSA) is 38.0 Å². The Kier molecular flexibility index (Phi) is 3.71. The highest BCUT2D eigenvalue weighted by Gasteiger charge is 2.01. The van der Waals surface area contributed by atoms with Crippen molar-refractivity contribution in [3.8, 4) is 0 Å². The molecule has 0 aliphatic carbocycles. The molecule has 0 amide bonds. The number of hydrogen-bond donors (Lipinski definition) is 2. The molecular weight excluding hydrogens is 167 g/mol. The number of nitrogens with two attached hydrogens (primary N) is 1. The predicted molar refractivity (Wildman–Crippen MR) is 53.6 cm³/mol. The molecule has 72 valence electrons. The highest BCUT2D eigenvalue weighted by Crippen LogP contribution is 2.08. The molecule has 1 atom stereocenters. The molecule has 0 saturated heterocycles. The molecule has 0 fully saturated rings. The molecule has 13 heavy (non-hydrogen) atoms. The van der Waals surface area contributed by atoms with Gasteiger partial charge in [0.1, 0.15) is 6.17 Å². The van der Waals surface area contributed by atoms with Gasteiger partial charge in [-0.15, -0.1) is 0 Å². The quantitative estimate of drug-likeness (QED) is 0.743. The molecule has 0 aliphatic heterocycles. The lowest BCUT2D eigenvalue weighted by Crippen LogP contribution is -2.23. The standard InChI is InChI=1S/C10H15FN2/c1-8-2-4-10(5-3-8)13-7-9(11)6-12/h2-5,9,13H,6-7,12H2,1H3. The van der Waals surface area contributed by atoms with Crippen LogP contribution in [0.15, 0.2) is 24.3 Å². The van der Waals surface area contributed by atoms with Crippen LogP contribution in [0.2, 0.25) is 0 Å². The van der Waals surface area contributed by atoms with Gasteiger partial charge in [-0.05, 0) is 19.1 Å². The number of halogens is 1. The van der Waals surface area contributed by atoms with Crippen LogP contribution in [0.5, 0.6) is 0 Å². The second kappa shape index (κ2) is 4.82. The number of hydrogen-bond acceptors (Lipinski definition) is 2. The molecule has 1 unspecified atom stereocenters. The molecule has 0 aromatic heterocycles. The zero-order chi connectivity index (χ0) is 9.68. The molecule has 0 spiro atoms. The van der Waals surface area contributed by atoms with E-state index >= 15 is 0 Å². The number of nitrogens with one attached hydrogen (secondary N) is 1. The van der Waals surface area contributed by atoms with Crippen molar-refractivity contribution in [3.63, 3.8) is 0 Å². The Labute approximate surface area is 77.9 Å². The number of benzene rings is 1. The van der Waals surface area contributed by atoms with E-state index in [2.05, 4.69) is 5.32 Å². The lowest BCUT2D eigenvalue weighted by Gasteiger charge is -2.08. The summed E-state index contributed by atoms with van der Waals surface area (Å²) in [5.41, 5.74) is 7.27. The van der Waals surface area contributed by atoms with Gasteiger partial charge in [-0.2, -0.15) is 0 Å². The number of alkyl halides is 1. The average molecular weight is 182 g/mol. The first-order valence-electron chi connectivity index (χ1n) is 4.37. The summed E-state index contributed by atoms with van der Waals surface area (Å²) in [5, 5.41) is 2.97. The first kappa shape index (κ1) is 9.99. The van der Waals surface area contributed by atoms with Crippen LogP contribution in [0.4, 0.5) is 10.1 Å². The predicted octanol–water partition coefficient (Wildman–Crippen LogP) is 1.70. The van der Waals surface area contributed by atoms with Gasteiger partial charge >= 0.3 is 0 Å². The first-order chi connectivity index (χ1) is 6.22. The Bertz CT molecular complexity index is 246. The third-order valence-corrected chi connectivity index (χ3v) is 1.83. The van der Waals surface area contributed by atoms with Crippen molar-refractivity contribution in [2.45, 2.75) is 13.1 Å². The Morgan fingerprint density at radius 2 is 2.00 bits per heavy atom. The highest BCUT2D eigenvalue weighted by molar-refractivity contribution is 5.44. The van der Waals surface area contributed by atoms with Crippen LogP contribution in [-0.2, 0) is 0 Å². The van der Waals surface area contributed by atoms with Gasteiger partial charge < -0.3 is 11.1 Å². The minimum atomic E-state index is -0.971. The molecule has 3 N–H and O–H groups in total. The van der Waals surface area contributed by atoms with Crippen LogP contribution in [-0.4, -0.2) is 19.3 Å². The third-order valence-electron chi connectivity index (χ3n) is 1.83. The summed E-state index contributed by atoms with van der Waals surface area (Å²) in [6.07, 6.45) is -0.971. The van der Waals surface area contributed by atoms with Crippen molar-refractivity contribution in [2.75, 3.05) is 18.4 Å². The molecular formula is C10H15FN2. The Morgan fingerprint density at radius 1 is 1.38 bits per heavy atom. The summed E-state index contributed by atoms with van der Waals surface area (Å²) in [7, 11) is 0. The summed E-state index contributed by atoms with van der Waals surface area (Å²) < 4.78 is 12.7. The van der Waals surface area contributed by atoms with Crippen LogP contribution >= 0.6 is 0 Å². The van der Waals surface area contributed by atoms with Crippen LogP contribution in [0, 0.1) is 6.92 Å². The number of aryl methyl sites for hydroxylation is 1. The lowest BCUT2D eigenvalue weighted by molar-refractivity contribution is 0.358. The van der Waals surface area contributed by atoms with E-state index in [9.17, 15) is 4.39 Å². The fraction of sp³-hybridized carbons (Fsp3) is 0.400. The van der Waals surface area contributed by atoms with Crippen molar-refractivity contribution in [3.05, 3.63) is 29.8 Å². The molecule has 0 radical (unpaired) electrons. The van der Waals surface area contributed by atoms with E-state index in [1.165, 1.54) is 5.56 Å². The maximum Gasteiger partial charge on any atom is 0.129 e. The normalized spacial score (nSPS) is 12.5. The Balaban J connectivity index is 2.41. The van der Waals surface area contributed by atoms with E-state index in [4.69, 9.17) is 5.73 Å². The molecule has 2 nitrogen and oxygen atoms in total. The van der Waals surface area contributed by atoms with Gasteiger partial charge in [0, 0.05) is 18.8 Å². The van der Waals surface area contributed by atoms with E-state index in [1.54, 1.807) is 0 Å². The maximum absolute atomic E-state index is 12.7. The maximum atomic E-state index is 12.7. The van der Waals surface area contributed by atoms with Crippen LogP contribution in [0.25, 0.3) is 0 Å². The van der Waals surface area contributed by atoms with Crippen LogP contribution in [0.3, 0.4) is 0 Å². The minimum Gasteiger partial charge on any atom is -0.382 e. The molecule has 0 aliphatic rings. The molecule has 0 bridgehead atoms. The van der Waals surface area contributed by atoms with Gasteiger partial charge in [0.05, 0.1) is 0 Å². The van der Waals surface area contributed by atoms with E-state index in [0.717, 1.165) is 5.69 Å². The fourth-order valence-corrected chi connectivity index (χ4v) is 0.983. The van der Waals surface area contributed by atoms with Crippen molar-refractivity contribution < 1.29 is 4.39 Å². The molecule has 1 aromatic carbocycles. The van der Waals surface area contributed by atoms with Gasteiger partial charge in [-0.3, -0.25) is 0 Å². The monoisotopic (exact) mass is 182 g/mol. The van der Waals surface area contributed by atoms with Crippen LogP contribution < -0.4 is 11.1 Å². The van der Waals surface area contributed by atoms with E-state index < -0.39 is 6.17 Å². The lowest BCUT2D eigenvalue weighted by atomic mass is 10.2. The van der Waals surface area contributed by atoms with E-state index in [0.29, 0.717) is 0 Å². The van der Waals surface area contributed by atoms with Gasteiger partial charge in [0.2, 0.25) is 0 Å². The van der Waals surface area contributed by atoms with Crippen LogP contribution in [0.1, 0.15) is 5.56 Å². The molecule has 1 rings (SSSR count). The third kappa shape index (κ3) is 3.42. The van der Waals surface area contributed by atoms with E-state index in [1.807, 2.05) is 31.2 Å². The van der Waals surface area contributed by atoms with Crippen molar-refractivity contribution >= 4 is 5.69 Å². The van der Waals surface area contributed by atoms with E-state index in [-0.39, 0.29) is 13.1 Å². The van der Waals surface area contributed by atoms with Crippen molar-refractivity contribution in [1.82, 2.24) is 0 Å². The Hall–Kier alpha value is -1.09. The average Bonchev–Trinajstić information content (AvgIpc) is 2.16. The molecule has 1 aromatic rings. The van der Waals surface area contributed by atoms with Gasteiger partial charge in [0.15, 0.2) is 0 Å². The van der Waals surface area contributed by atoms with Crippen molar-refractivity contribution in [1.29, 1.82) is 0 Å². The second-order valence-corrected chi connectivity index (χ2v) is 3.08. The molecule has 3 heteroatoms. The highest BCUT2D eigenvalue weighted by atomic mass is 19.1. The zero-order valence-electron chi connectivity index (χ0n) is 7.76. The van der Waals surface area contributed by atoms with Gasteiger partial charge in [-0.25, -0.2) is 4.39 Å². The summed E-state index contributed by atoms with van der Waals surface area (Å²) >= 11 is 0. The van der Waals surface area contributed by atoms with Gasteiger partial charge in [0.25, 0.3) is 0 Å². The largest absolute Gasteiger partial charge is 0.382 e. The number of rotatable bonds is 4. The number of anilines is 1. The SMILES string of the molecule is Cc1ccc(NCC(F)CN)cc1. The minimum absolute atomic E-state index is 0.0683. The van der Waals surface area contributed by atoms with Crippen molar-refractivity contribution in [2.24, 2.45) is 5.73 Å². The zero-order valence-corrected chi connectivity index (χ0v) is 7.76. The fourth-order valence-electron chi connectivity index (χ4n) is 0.983. The molecule has 0 heterocycles. The Morgan fingerprint density at radius 3 is 2.54 bits per heavy atom. The smallest absolute Gasteiger partial charge is 0.129 e. The summed E-state index contributed by atoms with van der Waals surface area (Å²) in [4.78, 5) is 0. The summed E-state index contributed by atoms with van der Waals surface area (Å²) in [6, 6.07) is 7.83. The molecule has 0 saturated carbocycles.